The van der Waals surface area contributed by atoms with Crippen molar-refractivity contribution in [1.29, 1.82) is 0 Å². The van der Waals surface area contributed by atoms with Gasteiger partial charge in [0.15, 0.2) is 0 Å². The maximum absolute atomic E-state index is 2.59. The van der Waals surface area contributed by atoms with Crippen LogP contribution in [-0.4, -0.2) is 24.5 Å². The summed E-state index contributed by atoms with van der Waals surface area (Å²) in [5.41, 5.74) is 0. The van der Waals surface area contributed by atoms with E-state index >= 15 is 0 Å². The fraction of sp³-hybridized carbons (Fsp3) is 1.00. The minimum Gasteiger partial charge on any atom is -0.304 e. The first kappa shape index (κ1) is 14.0. The lowest BCUT2D eigenvalue weighted by atomic mass is 9.91. The molecule has 1 rings (SSSR count). The van der Waals surface area contributed by atoms with Crippen LogP contribution in [-0.2, 0) is 0 Å². The molecule has 1 heterocycles. The number of hydrogen-bond donors (Lipinski definition) is 0. The first-order valence-corrected chi connectivity index (χ1v) is 7.59. The largest absolute Gasteiger partial charge is 0.304 e. The molecule has 1 aliphatic heterocycles. The second-order valence-corrected chi connectivity index (χ2v) is 5.43. The SMILES string of the molecule is CCCCCCCCC1CCN(CC)CC1. The molecule has 1 fully saturated rings. The minimum atomic E-state index is 1.05. The molecule has 0 radical (unpaired) electrons. The van der Waals surface area contributed by atoms with Gasteiger partial charge in [-0.25, -0.2) is 0 Å². The topological polar surface area (TPSA) is 3.24 Å². The molecule has 0 amide bonds. The predicted molar refractivity (Wildman–Crippen MR) is 72.8 cm³/mol. The van der Waals surface area contributed by atoms with Gasteiger partial charge < -0.3 is 4.90 Å². The van der Waals surface area contributed by atoms with Gasteiger partial charge in [-0.1, -0.05) is 58.8 Å². The van der Waals surface area contributed by atoms with E-state index in [0.29, 0.717) is 0 Å². The summed E-state index contributed by atoms with van der Waals surface area (Å²) >= 11 is 0. The molecule has 0 aliphatic carbocycles. The van der Waals surface area contributed by atoms with Gasteiger partial charge >= 0.3 is 0 Å². The molecule has 1 aliphatic rings. The van der Waals surface area contributed by atoms with Gasteiger partial charge in [0, 0.05) is 0 Å². The van der Waals surface area contributed by atoms with E-state index in [2.05, 4.69) is 18.7 Å². The van der Waals surface area contributed by atoms with Crippen molar-refractivity contribution in [2.24, 2.45) is 5.92 Å². The highest BCUT2D eigenvalue weighted by atomic mass is 15.1. The Morgan fingerprint density at radius 1 is 0.875 bits per heavy atom. The van der Waals surface area contributed by atoms with Crippen molar-refractivity contribution < 1.29 is 0 Å². The number of rotatable bonds is 8. The van der Waals surface area contributed by atoms with Gasteiger partial charge in [-0.3, -0.25) is 0 Å². The van der Waals surface area contributed by atoms with E-state index in [-0.39, 0.29) is 0 Å². The molecular weight excluding hydrogens is 194 g/mol. The summed E-state index contributed by atoms with van der Waals surface area (Å²) < 4.78 is 0. The highest BCUT2D eigenvalue weighted by molar-refractivity contribution is 4.71. The molecule has 16 heavy (non-hydrogen) atoms. The molecule has 0 unspecified atom stereocenters. The first-order chi connectivity index (χ1) is 7.86. The van der Waals surface area contributed by atoms with Crippen molar-refractivity contribution in [3.05, 3.63) is 0 Å². The van der Waals surface area contributed by atoms with Crippen LogP contribution in [0.25, 0.3) is 0 Å². The molecule has 0 aromatic carbocycles. The molecular formula is C15H31N. The molecule has 1 heteroatoms. The maximum atomic E-state index is 2.59. The van der Waals surface area contributed by atoms with Crippen LogP contribution in [0.3, 0.4) is 0 Å². The third-order valence-corrected chi connectivity index (χ3v) is 4.12. The fourth-order valence-electron chi connectivity index (χ4n) is 2.80. The monoisotopic (exact) mass is 225 g/mol. The lowest BCUT2D eigenvalue weighted by Crippen LogP contribution is -2.33. The van der Waals surface area contributed by atoms with Gasteiger partial charge in [-0.05, 0) is 38.4 Å². The summed E-state index contributed by atoms with van der Waals surface area (Å²) in [4.78, 5) is 2.59. The Morgan fingerprint density at radius 3 is 2.12 bits per heavy atom. The van der Waals surface area contributed by atoms with Crippen molar-refractivity contribution in [1.82, 2.24) is 4.90 Å². The third kappa shape index (κ3) is 5.89. The van der Waals surface area contributed by atoms with Gasteiger partial charge in [0.2, 0.25) is 0 Å². The standard InChI is InChI=1S/C15H31N/c1-3-5-6-7-8-9-10-15-11-13-16(4-2)14-12-15/h15H,3-14H2,1-2H3. The highest BCUT2D eigenvalue weighted by Crippen LogP contribution is 2.23. The molecule has 1 saturated heterocycles. The number of piperidine rings is 1. The fourth-order valence-corrected chi connectivity index (χ4v) is 2.80. The summed E-state index contributed by atoms with van der Waals surface area (Å²) in [5.74, 6) is 1.05. The second-order valence-electron chi connectivity index (χ2n) is 5.43. The normalized spacial score (nSPS) is 19.1. The van der Waals surface area contributed by atoms with Crippen LogP contribution in [0.4, 0.5) is 0 Å². The predicted octanol–water partition coefficient (Wildman–Crippen LogP) is 4.47. The van der Waals surface area contributed by atoms with Crippen LogP contribution in [0.2, 0.25) is 0 Å². The number of unbranched alkanes of at least 4 members (excludes halogenated alkanes) is 5. The molecule has 0 spiro atoms. The molecule has 0 bridgehead atoms. The van der Waals surface area contributed by atoms with E-state index in [4.69, 9.17) is 0 Å². The first-order valence-electron chi connectivity index (χ1n) is 7.59. The van der Waals surface area contributed by atoms with E-state index in [9.17, 15) is 0 Å². The van der Waals surface area contributed by atoms with Crippen LogP contribution >= 0.6 is 0 Å². The van der Waals surface area contributed by atoms with E-state index in [1.165, 1.54) is 77.4 Å². The molecule has 0 aromatic rings. The average Bonchev–Trinajstić information content (AvgIpc) is 2.34. The summed E-state index contributed by atoms with van der Waals surface area (Å²) in [5, 5.41) is 0. The molecule has 0 atom stereocenters. The lowest BCUT2D eigenvalue weighted by Gasteiger charge is -2.31. The van der Waals surface area contributed by atoms with Crippen molar-refractivity contribution >= 4 is 0 Å². The van der Waals surface area contributed by atoms with Gasteiger partial charge in [-0.15, -0.1) is 0 Å². The zero-order chi connectivity index (χ0) is 11.6. The average molecular weight is 225 g/mol. The summed E-state index contributed by atoms with van der Waals surface area (Å²) in [6, 6.07) is 0. The number of likely N-dealkylation sites (tertiary alicyclic amines) is 1. The Balaban J connectivity index is 1.90. The van der Waals surface area contributed by atoms with E-state index in [1.54, 1.807) is 0 Å². The van der Waals surface area contributed by atoms with Crippen LogP contribution < -0.4 is 0 Å². The van der Waals surface area contributed by atoms with Gasteiger partial charge in [-0.2, -0.15) is 0 Å². The van der Waals surface area contributed by atoms with Crippen LogP contribution in [0.5, 0.6) is 0 Å². The highest BCUT2D eigenvalue weighted by Gasteiger charge is 2.17. The Kier molecular flexibility index (Phi) is 7.92. The van der Waals surface area contributed by atoms with Crippen LogP contribution in [0.1, 0.15) is 71.6 Å². The van der Waals surface area contributed by atoms with Crippen molar-refractivity contribution in [2.45, 2.75) is 71.6 Å². The van der Waals surface area contributed by atoms with E-state index < -0.39 is 0 Å². The van der Waals surface area contributed by atoms with Gasteiger partial charge in [0.25, 0.3) is 0 Å². The van der Waals surface area contributed by atoms with Crippen molar-refractivity contribution in [3.63, 3.8) is 0 Å². The van der Waals surface area contributed by atoms with Gasteiger partial charge in [0.1, 0.15) is 0 Å². The number of nitrogens with zero attached hydrogens (tertiary/aromatic N) is 1. The van der Waals surface area contributed by atoms with Crippen molar-refractivity contribution in [2.75, 3.05) is 19.6 Å². The minimum absolute atomic E-state index is 1.05. The molecule has 1 nitrogen and oxygen atoms in total. The molecule has 96 valence electrons. The smallest absolute Gasteiger partial charge is 0.00162 e. The molecule has 0 N–H and O–H groups in total. The van der Waals surface area contributed by atoms with E-state index in [0.717, 1.165) is 5.92 Å². The Hall–Kier alpha value is -0.0400. The second kappa shape index (κ2) is 9.04. The molecule has 0 aromatic heterocycles. The number of hydrogen-bond acceptors (Lipinski definition) is 1. The van der Waals surface area contributed by atoms with Crippen molar-refractivity contribution in [3.8, 4) is 0 Å². The summed E-state index contributed by atoms with van der Waals surface area (Å²) in [6.45, 7) is 8.55. The summed E-state index contributed by atoms with van der Waals surface area (Å²) in [7, 11) is 0. The summed E-state index contributed by atoms with van der Waals surface area (Å²) in [6.07, 6.45) is 13.1. The molecule has 0 saturated carbocycles. The zero-order valence-electron chi connectivity index (χ0n) is 11.5. The van der Waals surface area contributed by atoms with Crippen LogP contribution in [0, 0.1) is 5.92 Å². The Labute approximate surface area is 103 Å². The third-order valence-electron chi connectivity index (χ3n) is 4.12. The quantitative estimate of drug-likeness (QED) is 0.551. The Bertz CT molecular complexity index is 148. The van der Waals surface area contributed by atoms with Gasteiger partial charge in [0.05, 0.1) is 0 Å². The zero-order valence-corrected chi connectivity index (χ0v) is 11.5. The lowest BCUT2D eigenvalue weighted by molar-refractivity contribution is 0.184. The van der Waals surface area contributed by atoms with Crippen LogP contribution in [0.15, 0.2) is 0 Å². The van der Waals surface area contributed by atoms with E-state index in [1.807, 2.05) is 0 Å². The maximum Gasteiger partial charge on any atom is -0.00162 e. The Morgan fingerprint density at radius 2 is 1.50 bits per heavy atom.